The number of nitrogens with zero attached hydrogens (tertiary/aromatic N) is 2. The van der Waals surface area contributed by atoms with Crippen molar-refractivity contribution in [2.45, 2.75) is 24.1 Å². The summed E-state index contributed by atoms with van der Waals surface area (Å²) in [5.74, 6) is -1.40. The zero-order chi connectivity index (χ0) is 15.6. The third-order valence-corrected chi connectivity index (χ3v) is 5.56. The van der Waals surface area contributed by atoms with Gasteiger partial charge in [0.05, 0.1) is 22.4 Å². The molecule has 1 N–H and O–H groups in total. The Labute approximate surface area is 130 Å². The van der Waals surface area contributed by atoms with E-state index in [1.807, 2.05) is 6.92 Å². The molecule has 0 amide bonds. The number of aryl methyl sites for hydroxylation is 1. The molecule has 0 aliphatic rings. The van der Waals surface area contributed by atoms with Gasteiger partial charge in [0.25, 0.3) is 0 Å². The summed E-state index contributed by atoms with van der Waals surface area (Å²) in [4.78, 5) is 10.9. The Bertz CT molecular complexity index is 783. The van der Waals surface area contributed by atoms with Crippen molar-refractivity contribution in [3.8, 4) is 0 Å². The number of aromatic nitrogens is 2. The summed E-state index contributed by atoms with van der Waals surface area (Å²) in [5, 5.41) is 13.0. The van der Waals surface area contributed by atoms with E-state index in [0.29, 0.717) is 16.6 Å². The topological polar surface area (TPSA) is 89.3 Å². The van der Waals surface area contributed by atoms with E-state index in [2.05, 4.69) is 21.0 Å². The molecular weight excluding hydrogens is 360 g/mol. The Morgan fingerprint density at radius 2 is 2.14 bits per heavy atom. The normalized spacial score (nSPS) is 11.5. The summed E-state index contributed by atoms with van der Waals surface area (Å²) in [6, 6.07) is 3.93. The lowest BCUT2D eigenvalue weighted by atomic mass is 10.2. The van der Waals surface area contributed by atoms with E-state index in [4.69, 9.17) is 5.11 Å². The summed E-state index contributed by atoms with van der Waals surface area (Å²) < 4.78 is 26.8. The average Bonchev–Trinajstić information content (AvgIpc) is 2.85. The van der Waals surface area contributed by atoms with Crippen LogP contribution in [-0.2, 0) is 22.1 Å². The fourth-order valence-electron chi connectivity index (χ4n) is 1.83. The standard InChI is InChI=1S/C13H13BrN2O4S/c1-2-16-7-9(6-15-16)8-21(19,20)12-5-10(13(17)18)3-4-11(12)14/h3-7H,2,8H2,1H3,(H,17,18). The molecule has 6 nitrogen and oxygen atoms in total. The van der Waals surface area contributed by atoms with Gasteiger partial charge in [-0.25, -0.2) is 13.2 Å². The summed E-state index contributed by atoms with van der Waals surface area (Å²) in [5.41, 5.74) is 0.491. The van der Waals surface area contributed by atoms with E-state index in [9.17, 15) is 13.2 Å². The first-order valence-electron chi connectivity index (χ1n) is 6.10. The zero-order valence-corrected chi connectivity index (χ0v) is 13.6. The first-order valence-corrected chi connectivity index (χ1v) is 8.55. The monoisotopic (exact) mass is 372 g/mol. The predicted octanol–water partition coefficient (Wildman–Crippen LogP) is 2.34. The number of carbonyl (C=O) groups is 1. The average molecular weight is 373 g/mol. The van der Waals surface area contributed by atoms with Crippen LogP contribution in [0.4, 0.5) is 0 Å². The number of halogens is 1. The Balaban J connectivity index is 2.39. The van der Waals surface area contributed by atoms with Crippen molar-refractivity contribution in [1.29, 1.82) is 0 Å². The van der Waals surface area contributed by atoms with E-state index < -0.39 is 15.8 Å². The van der Waals surface area contributed by atoms with Crippen LogP contribution < -0.4 is 0 Å². The van der Waals surface area contributed by atoms with E-state index in [0.717, 1.165) is 6.07 Å². The Morgan fingerprint density at radius 3 is 2.71 bits per heavy atom. The number of benzene rings is 1. The number of rotatable bonds is 5. The third kappa shape index (κ3) is 3.51. The molecule has 0 saturated heterocycles. The Morgan fingerprint density at radius 1 is 1.43 bits per heavy atom. The van der Waals surface area contributed by atoms with Crippen LogP contribution in [0.3, 0.4) is 0 Å². The zero-order valence-electron chi connectivity index (χ0n) is 11.2. The molecular formula is C13H13BrN2O4S. The molecule has 0 bridgehead atoms. The van der Waals surface area contributed by atoms with Crippen molar-refractivity contribution >= 4 is 31.7 Å². The summed E-state index contributed by atoms with van der Waals surface area (Å²) >= 11 is 3.15. The summed E-state index contributed by atoms with van der Waals surface area (Å²) in [6.45, 7) is 2.55. The van der Waals surface area contributed by atoms with E-state index >= 15 is 0 Å². The predicted molar refractivity (Wildman–Crippen MR) is 79.9 cm³/mol. The van der Waals surface area contributed by atoms with Crippen molar-refractivity contribution in [2.75, 3.05) is 0 Å². The maximum Gasteiger partial charge on any atom is 0.335 e. The van der Waals surface area contributed by atoms with Crippen LogP contribution in [-0.4, -0.2) is 29.3 Å². The van der Waals surface area contributed by atoms with Gasteiger partial charge in [-0.05, 0) is 41.1 Å². The lowest BCUT2D eigenvalue weighted by Gasteiger charge is -2.07. The molecule has 1 aromatic carbocycles. The molecule has 0 fully saturated rings. The molecule has 8 heteroatoms. The number of hydrogen-bond donors (Lipinski definition) is 1. The van der Waals surface area contributed by atoms with Gasteiger partial charge in [0.15, 0.2) is 9.84 Å². The minimum absolute atomic E-state index is 0.0355. The van der Waals surface area contributed by atoms with Crippen LogP contribution >= 0.6 is 15.9 Å². The first kappa shape index (κ1) is 15.7. The SMILES string of the molecule is CCn1cc(CS(=O)(=O)c2cc(C(=O)O)ccc2Br)cn1. The molecule has 1 heterocycles. The van der Waals surface area contributed by atoms with E-state index in [1.54, 1.807) is 10.9 Å². The summed E-state index contributed by atoms with van der Waals surface area (Å²) in [7, 11) is -3.66. The van der Waals surface area contributed by atoms with Gasteiger partial charge >= 0.3 is 5.97 Å². The summed E-state index contributed by atoms with van der Waals surface area (Å²) in [6.07, 6.45) is 3.16. The van der Waals surface area contributed by atoms with Gasteiger partial charge in [0.2, 0.25) is 0 Å². The van der Waals surface area contributed by atoms with Crippen LogP contribution in [0, 0.1) is 0 Å². The molecule has 0 spiro atoms. The second kappa shape index (κ2) is 5.98. The molecule has 21 heavy (non-hydrogen) atoms. The van der Waals surface area contributed by atoms with Crippen LogP contribution in [0.15, 0.2) is 40.0 Å². The third-order valence-electron chi connectivity index (χ3n) is 2.88. The molecule has 0 atom stereocenters. The smallest absolute Gasteiger partial charge is 0.335 e. The molecule has 0 radical (unpaired) electrons. The van der Waals surface area contributed by atoms with Crippen molar-refractivity contribution in [1.82, 2.24) is 9.78 Å². The maximum atomic E-state index is 12.4. The quantitative estimate of drug-likeness (QED) is 0.869. The largest absolute Gasteiger partial charge is 0.478 e. The highest BCUT2D eigenvalue weighted by atomic mass is 79.9. The molecule has 0 saturated carbocycles. The molecule has 112 valence electrons. The van der Waals surface area contributed by atoms with Crippen LogP contribution in [0.25, 0.3) is 0 Å². The fraction of sp³-hybridized carbons (Fsp3) is 0.231. The fourth-order valence-corrected chi connectivity index (χ4v) is 4.23. The molecule has 0 aliphatic carbocycles. The first-order chi connectivity index (χ1) is 9.83. The Hall–Kier alpha value is -1.67. The second-order valence-corrected chi connectivity index (χ2v) is 7.23. The van der Waals surface area contributed by atoms with Gasteiger partial charge in [-0.3, -0.25) is 4.68 Å². The van der Waals surface area contributed by atoms with Gasteiger partial charge in [-0.2, -0.15) is 5.10 Å². The number of aromatic carboxylic acids is 1. The van der Waals surface area contributed by atoms with Gasteiger partial charge in [0.1, 0.15) is 0 Å². The van der Waals surface area contributed by atoms with Gasteiger partial charge in [-0.15, -0.1) is 0 Å². The molecule has 2 aromatic rings. The lowest BCUT2D eigenvalue weighted by molar-refractivity contribution is 0.0696. The van der Waals surface area contributed by atoms with E-state index in [-0.39, 0.29) is 16.2 Å². The van der Waals surface area contributed by atoms with Crippen molar-refractivity contribution < 1.29 is 18.3 Å². The number of sulfone groups is 1. The van der Waals surface area contributed by atoms with Gasteiger partial charge in [-0.1, -0.05) is 0 Å². The number of hydrogen-bond acceptors (Lipinski definition) is 4. The van der Waals surface area contributed by atoms with E-state index in [1.165, 1.54) is 18.3 Å². The number of carboxylic acid groups (broad SMARTS) is 1. The van der Waals surface area contributed by atoms with Crippen molar-refractivity contribution in [3.63, 3.8) is 0 Å². The minimum atomic E-state index is -3.66. The van der Waals surface area contributed by atoms with Crippen LogP contribution in [0.2, 0.25) is 0 Å². The van der Waals surface area contributed by atoms with Gasteiger partial charge < -0.3 is 5.11 Å². The van der Waals surface area contributed by atoms with Crippen molar-refractivity contribution in [2.24, 2.45) is 0 Å². The van der Waals surface area contributed by atoms with Crippen LogP contribution in [0.5, 0.6) is 0 Å². The minimum Gasteiger partial charge on any atom is -0.478 e. The molecule has 1 aromatic heterocycles. The van der Waals surface area contributed by atoms with Crippen molar-refractivity contribution in [3.05, 3.63) is 46.2 Å². The molecule has 0 aliphatic heterocycles. The molecule has 2 rings (SSSR count). The second-order valence-electron chi connectivity index (χ2n) is 4.41. The highest BCUT2D eigenvalue weighted by Crippen LogP contribution is 2.26. The van der Waals surface area contributed by atoms with Crippen LogP contribution in [0.1, 0.15) is 22.8 Å². The van der Waals surface area contributed by atoms with Gasteiger partial charge in [0, 0.05) is 22.8 Å². The maximum absolute atomic E-state index is 12.4. The Kier molecular flexibility index (Phi) is 4.48. The highest BCUT2D eigenvalue weighted by Gasteiger charge is 2.21. The lowest BCUT2D eigenvalue weighted by Crippen LogP contribution is -2.07. The molecule has 0 unspecified atom stereocenters. The number of carboxylic acids is 1. The highest BCUT2D eigenvalue weighted by molar-refractivity contribution is 9.10.